The zero-order valence-electron chi connectivity index (χ0n) is 12.1. The topological polar surface area (TPSA) is 86.7 Å². The van der Waals surface area contributed by atoms with E-state index in [1.165, 1.54) is 6.92 Å². The van der Waals surface area contributed by atoms with Crippen molar-refractivity contribution >= 4 is 17.8 Å². The number of unbranched alkanes of at least 4 members (excludes halogenated alkanes) is 2. The molecule has 0 aromatic carbocycles. The van der Waals surface area contributed by atoms with Crippen molar-refractivity contribution in [2.45, 2.75) is 45.4 Å². The van der Waals surface area contributed by atoms with Gasteiger partial charge in [0, 0.05) is 33.0 Å². The molecule has 1 aliphatic heterocycles. The number of piperidine rings is 1. The third-order valence-corrected chi connectivity index (χ3v) is 3.64. The Kier molecular flexibility index (Phi) is 7.04. The predicted octanol–water partition coefficient (Wildman–Crippen LogP) is 1.01. The maximum atomic E-state index is 11.9. The number of nitrogens with zero attached hydrogens (tertiary/aromatic N) is 1. The average molecular weight is 284 g/mol. The first kappa shape index (κ1) is 16.5. The Hall–Kier alpha value is -1.59. The van der Waals surface area contributed by atoms with Crippen LogP contribution in [0.1, 0.15) is 45.4 Å². The number of amides is 2. The molecule has 0 unspecified atom stereocenters. The van der Waals surface area contributed by atoms with Crippen LogP contribution in [0.2, 0.25) is 0 Å². The molecule has 2 amide bonds. The van der Waals surface area contributed by atoms with Gasteiger partial charge in [0.1, 0.15) is 0 Å². The van der Waals surface area contributed by atoms with Crippen molar-refractivity contribution in [2.75, 3.05) is 19.6 Å². The van der Waals surface area contributed by atoms with Gasteiger partial charge in [-0.25, -0.2) is 0 Å². The minimum absolute atomic E-state index is 0.0256. The van der Waals surface area contributed by atoms with Gasteiger partial charge < -0.3 is 15.3 Å². The third kappa shape index (κ3) is 6.04. The van der Waals surface area contributed by atoms with Crippen LogP contribution >= 0.6 is 0 Å². The van der Waals surface area contributed by atoms with Crippen molar-refractivity contribution in [1.82, 2.24) is 10.2 Å². The largest absolute Gasteiger partial charge is 0.481 e. The first-order valence-electron chi connectivity index (χ1n) is 7.25. The molecule has 1 heterocycles. The highest BCUT2D eigenvalue weighted by molar-refractivity contribution is 5.77. The number of carbonyl (C=O) groups excluding carboxylic acids is 2. The lowest BCUT2D eigenvalue weighted by molar-refractivity contribution is -0.145. The highest BCUT2D eigenvalue weighted by Gasteiger charge is 2.26. The third-order valence-electron chi connectivity index (χ3n) is 3.64. The first-order chi connectivity index (χ1) is 9.50. The monoisotopic (exact) mass is 284 g/mol. The summed E-state index contributed by atoms with van der Waals surface area (Å²) in [6.45, 7) is 3.27. The number of nitrogens with one attached hydrogen (secondary N) is 1. The quantitative estimate of drug-likeness (QED) is 0.683. The molecule has 0 aromatic heterocycles. The van der Waals surface area contributed by atoms with E-state index >= 15 is 0 Å². The Balaban J connectivity index is 2.09. The molecule has 114 valence electrons. The van der Waals surface area contributed by atoms with Crippen LogP contribution in [0.25, 0.3) is 0 Å². The van der Waals surface area contributed by atoms with Gasteiger partial charge in [-0.15, -0.1) is 0 Å². The molecule has 1 saturated heterocycles. The van der Waals surface area contributed by atoms with Gasteiger partial charge >= 0.3 is 5.97 Å². The number of rotatable bonds is 7. The number of aliphatic carboxylic acids is 1. The second kappa shape index (κ2) is 8.55. The number of carbonyl (C=O) groups is 3. The van der Waals surface area contributed by atoms with Crippen LogP contribution in [-0.2, 0) is 14.4 Å². The van der Waals surface area contributed by atoms with Crippen LogP contribution in [0.15, 0.2) is 0 Å². The molecule has 0 spiro atoms. The van der Waals surface area contributed by atoms with E-state index in [9.17, 15) is 14.4 Å². The summed E-state index contributed by atoms with van der Waals surface area (Å²) < 4.78 is 0. The SMILES string of the molecule is CC(=O)NCCCCCC(=O)N1CCC(C(=O)O)CC1. The second-order valence-corrected chi connectivity index (χ2v) is 5.29. The van der Waals surface area contributed by atoms with Gasteiger partial charge in [-0.2, -0.15) is 0 Å². The Labute approximate surface area is 119 Å². The lowest BCUT2D eigenvalue weighted by atomic mass is 9.97. The molecule has 1 fully saturated rings. The summed E-state index contributed by atoms with van der Waals surface area (Å²) in [5, 5.41) is 11.6. The van der Waals surface area contributed by atoms with Gasteiger partial charge in [-0.3, -0.25) is 14.4 Å². The van der Waals surface area contributed by atoms with Crippen molar-refractivity contribution in [1.29, 1.82) is 0 Å². The Morgan fingerprint density at radius 1 is 1.15 bits per heavy atom. The smallest absolute Gasteiger partial charge is 0.306 e. The number of carboxylic acids is 1. The van der Waals surface area contributed by atoms with Crippen LogP contribution in [0.5, 0.6) is 0 Å². The number of likely N-dealkylation sites (tertiary alicyclic amines) is 1. The highest BCUT2D eigenvalue weighted by Crippen LogP contribution is 2.18. The molecule has 0 aromatic rings. The van der Waals surface area contributed by atoms with Gasteiger partial charge in [0.15, 0.2) is 0 Å². The van der Waals surface area contributed by atoms with E-state index < -0.39 is 5.97 Å². The zero-order valence-corrected chi connectivity index (χ0v) is 12.1. The fourth-order valence-corrected chi connectivity index (χ4v) is 2.38. The van der Waals surface area contributed by atoms with Crippen molar-refractivity contribution in [3.63, 3.8) is 0 Å². The summed E-state index contributed by atoms with van der Waals surface area (Å²) in [7, 11) is 0. The van der Waals surface area contributed by atoms with E-state index in [-0.39, 0.29) is 17.7 Å². The van der Waals surface area contributed by atoms with Gasteiger partial charge in [0.25, 0.3) is 0 Å². The van der Waals surface area contributed by atoms with E-state index in [1.807, 2.05) is 0 Å². The van der Waals surface area contributed by atoms with Crippen LogP contribution < -0.4 is 5.32 Å². The van der Waals surface area contributed by atoms with Crippen LogP contribution in [0, 0.1) is 5.92 Å². The lowest BCUT2D eigenvalue weighted by Gasteiger charge is -2.30. The molecule has 0 aliphatic carbocycles. The van der Waals surface area contributed by atoms with E-state index in [2.05, 4.69) is 5.32 Å². The van der Waals surface area contributed by atoms with E-state index in [0.29, 0.717) is 38.9 Å². The molecule has 0 saturated carbocycles. The van der Waals surface area contributed by atoms with Crippen LogP contribution in [0.3, 0.4) is 0 Å². The molecule has 6 nitrogen and oxygen atoms in total. The Morgan fingerprint density at radius 3 is 2.35 bits per heavy atom. The lowest BCUT2D eigenvalue weighted by Crippen LogP contribution is -2.40. The van der Waals surface area contributed by atoms with Crippen molar-refractivity contribution in [2.24, 2.45) is 5.92 Å². The summed E-state index contributed by atoms with van der Waals surface area (Å²) in [6, 6.07) is 0. The number of hydrogen-bond acceptors (Lipinski definition) is 3. The number of carboxylic acid groups (broad SMARTS) is 1. The van der Waals surface area contributed by atoms with Crippen LogP contribution in [0.4, 0.5) is 0 Å². The standard InChI is InChI=1S/C14H24N2O4/c1-11(17)15-8-4-2-3-5-13(18)16-9-6-12(7-10-16)14(19)20/h12H,2-10H2,1H3,(H,15,17)(H,19,20). The van der Waals surface area contributed by atoms with Crippen LogP contribution in [-0.4, -0.2) is 47.4 Å². The second-order valence-electron chi connectivity index (χ2n) is 5.29. The Morgan fingerprint density at radius 2 is 1.80 bits per heavy atom. The molecule has 1 aliphatic rings. The van der Waals surface area contributed by atoms with E-state index in [1.54, 1.807) is 4.90 Å². The summed E-state index contributed by atoms with van der Waals surface area (Å²) in [5.41, 5.74) is 0. The van der Waals surface area contributed by atoms with Gasteiger partial charge in [-0.05, 0) is 25.7 Å². The van der Waals surface area contributed by atoms with E-state index in [4.69, 9.17) is 5.11 Å². The van der Waals surface area contributed by atoms with Crippen molar-refractivity contribution in [3.05, 3.63) is 0 Å². The maximum Gasteiger partial charge on any atom is 0.306 e. The van der Waals surface area contributed by atoms with Crippen molar-refractivity contribution < 1.29 is 19.5 Å². The van der Waals surface area contributed by atoms with E-state index in [0.717, 1.165) is 19.3 Å². The maximum absolute atomic E-state index is 11.9. The fraction of sp³-hybridized carbons (Fsp3) is 0.786. The molecular formula is C14H24N2O4. The first-order valence-corrected chi connectivity index (χ1v) is 7.25. The molecule has 20 heavy (non-hydrogen) atoms. The minimum Gasteiger partial charge on any atom is -0.481 e. The summed E-state index contributed by atoms with van der Waals surface area (Å²) in [4.78, 5) is 35.2. The van der Waals surface area contributed by atoms with Gasteiger partial charge in [0.05, 0.1) is 5.92 Å². The molecule has 1 rings (SSSR count). The minimum atomic E-state index is -0.755. The van der Waals surface area contributed by atoms with Gasteiger partial charge in [0.2, 0.25) is 11.8 Å². The normalized spacial score (nSPS) is 15.9. The molecule has 6 heteroatoms. The average Bonchev–Trinajstić information content (AvgIpc) is 2.42. The molecule has 2 N–H and O–H groups in total. The fourth-order valence-electron chi connectivity index (χ4n) is 2.38. The molecule has 0 atom stereocenters. The van der Waals surface area contributed by atoms with Gasteiger partial charge in [-0.1, -0.05) is 6.42 Å². The number of hydrogen-bond donors (Lipinski definition) is 2. The highest BCUT2D eigenvalue weighted by atomic mass is 16.4. The Bertz CT molecular complexity index is 349. The van der Waals surface area contributed by atoms with Crippen molar-refractivity contribution in [3.8, 4) is 0 Å². The summed E-state index contributed by atoms with van der Waals surface area (Å²) in [5.74, 6) is -0.956. The molecular weight excluding hydrogens is 260 g/mol. The summed E-state index contributed by atoms with van der Waals surface area (Å²) >= 11 is 0. The zero-order chi connectivity index (χ0) is 15.0. The molecule has 0 bridgehead atoms. The predicted molar refractivity (Wildman–Crippen MR) is 74.1 cm³/mol. The molecule has 0 radical (unpaired) electrons. The summed E-state index contributed by atoms with van der Waals surface area (Å²) in [6.07, 6.45) is 4.24.